The Hall–Kier alpha value is -1.26. The number of carboxylic acid groups (broad SMARTS) is 1. The number of hydrogen-bond donors (Lipinski definition) is 5. The Kier molecular flexibility index (Phi) is 3.98. The van der Waals surface area contributed by atoms with Crippen LogP contribution in [0.3, 0.4) is 0 Å². The fourth-order valence-electron chi connectivity index (χ4n) is 2.60. The van der Waals surface area contributed by atoms with E-state index in [1.807, 2.05) is 0 Å². The van der Waals surface area contributed by atoms with Gasteiger partial charge in [-0.3, -0.25) is 4.79 Å². The Balaban J connectivity index is 2.30. The van der Waals surface area contributed by atoms with Gasteiger partial charge in [0.2, 0.25) is 5.91 Å². The molecule has 2 saturated heterocycles. The summed E-state index contributed by atoms with van der Waals surface area (Å²) in [5, 5.41) is 40.3. The Morgan fingerprint density at radius 3 is 2.60 bits per heavy atom. The van der Waals surface area contributed by atoms with Crippen molar-refractivity contribution in [3.63, 3.8) is 0 Å². The number of ether oxygens (including phenoxy) is 2. The van der Waals surface area contributed by atoms with Crippen LogP contribution < -0.4 is 5.32 Å². The lowest BCUT2D eigenvalue weighted by molar-refractivity contribution is -0.234. The average molecular weight is 291 g/mol. The molecule has 2 fully saturated rings. The first-order chi connectivity index (χ1) is 9.30. The molecular weight excluding hydrogens is 274 g/mol. The molecular formula is C11H17NO8. The van der Waals surface area contributed by atoms with Gasteiger partial charge in [-0.25, -0.2) is 4.79 Å². The topological polar surface area (TPSA) is 146 Å². The lowest BCUT2D eigenvalue weighted by Crippen LogP contribution is -2.60. The van der Waals surface area contributed by atoms with Gasteiger partial charge >= 0.3 is 5.97 Å². The van der Waals surface area contributed by atoms with Crippen molar-refractivity contribution >= 4 is 11.9 Å². The van der Waals surface area contributed by atoms with Crippen molar-refractivity contribution in [1.82, 2.24) is 5.32 Å². The van der Waals surface area contributed by atoms with E-state index < -0.39 is 61.1 Å². The smallest absolute Gasteiger partial charge is 0.364 e. The highest BCUT2D eigenvalue weighted by Crippen LogP contribution is 2.41. The Morgan fingerprint density at radius 1 is 1.45 bits per heavy atom. The largest absolute Gasteiger partial charge is 0.477 e. The Bertz CT molecular complexity index is 415. The lowest BCUT2D eigenvalue weighted by atomic mass is 9.92. The third-order valence-corrected chi connectivity index (χ3v) is 3.49. The van der Waals surface area contributed by atoms with Crippen LogP contribution in [0.1, 0.15) is 13.3 Å². The molecule has 2 aliphatic heterocycles. The second-order valence-electron chi connectivity index (χ2n) is 4.97. The molecule has 1 amide bonds. The first-order valence-electron chi connectivity index (χ1n) is 6.14. The summed E-state index contributed by atoms with van der Waals surface area (Å²) < 4.78 is 10.5. The van der Waals surface area contributed by atoms with E-state index in [4.69, 9.17) is 14.6 Å². The monoisotopic (exact) mass is 291 g/mol. The molecule has 3 unspecified atom stereocenters. The van der Waals surface area contributed by atoms with Crippen molar-refractivity contribution in [2.75, 3.05) is 6.61 Å². The van der Waals surface area contributed by atoms with Gasteiger partial charge in [0.25, 0.3) is 5.79 Å². The number of carbonyl (C=O) groups excluding carboxylic acids is 1. The zero-order chi connectivity index (χ0) is 15.1. The number of hydrogen-bond acceptors (Lipinski definition) is 7. The molecule has 9 heteroatoms. The zero-order valence-corrected chi connectivity index (χ0v) is 10.7. The van der Waals surface area contributed by atoms with Gasteiger partial charge in [-0.05, 0) is 0 Å². The molecule has 0 aromatic heterocycles. The lowest BCUT2D eigenvalue weighted by Gasteiger charge is -2.37. The molecule has 2 heterocycles. The van der Waals surface area contributed by atoms with Gasteiger partial charge < -0.3 is 35.2 Å². The Morgan fingerprint density at radius 2 is 2.10 bits per heavy atom. The predicted molar refractivity (Wildman–Crippen MR) is 61.4 cm³/mol. The third kappa shape index (κ3) is 2.38. The SMILES string of the molecule is CC(=O)N[C@@H]1C(O)CC2(C(=O)O)OC1[C@H]([C@H](O)CO)O2. The first kappa shape index (κ1) is 15.1. The van der Waals surface area contributed by atoms with E-state index in [2.05, 4.69) is 5.32 Å². The maximum Gasteiger partial charge on any atom is 0.364 e. The van der Waals surface area contributed by atoms with E-state index in [9.17, 15) is 24.9 Å². The third-order valence-electron chi connectivity index (χ3n) is 3.49. The van der Waals surface area contributed by atoms with Crippen LogP contribution in [-0.4, -0.2) is 75.2 Å². The van der Waals surface area contributed by atoms with Crippen LogP contribution in [0.5, 0.6) is 0 Å². The fraction of sp³-hybridized carbons (Fsp3) is 0.818. The number of fused-ring (bicyclic) bond motifs is 2. The molecule has 0 aliphatic carbocycles. The number of carbonyl (C=O) groups is 2. The number of aliphatic hydroxyl groups excluding tert-OH is 3. The second-order valence-corrected chi connectivity index (χ2v) is 4.97. The maximum absolute atomic E-state index is 11.3. The minimum atomic E-state index is -2.07. The van der Waals surface area contributed by atoms with Gasteiger partial charge in [0, 0.05) is 13.3 Å². The normalized spacial score (nSPS) is 41.2. The van der Waals surface area contributed by atoms with Gasteiger partial charge in [-0.15, -0.1) is 0 Å². The molecule has 114 valence electrons. The number of amides is 1. The highest BCUT2D eigenvalue weighted by atomic mass is 16.8. The first-order valence-corrected chi connectivity index (χ1v) is 6.14. The molecule has 0 aromatic carbocycles. The second kappa shape index (κ2) is 5.26. The van der Waals surface area contributed by atoms with Crippen LogP contribution in [0.4, 0.5) is 0 Å². The maximum atomic E-state index is 11.3. The average Bonchev–Trinajstić information content (AvgIpc) is 2.70. The number of aliphatic hydroxyl groups is 3. The van der Waals surface area contributed by atoms with Gasteiger partial charge in [-0.2, -0.15) is 0 Å². The summed E-state index contributed by atoms with van der Waals surface area (Å²) >= 11 is 0. The van der Waals surface area contributed by atoms with Gasteiger partial charge in [0.05, 0.1) is 18.8 Å². The van der Waals surface area contributed by atoms with E-state index in [-0.39, 0.29) is 0 Å². The van der Waals surface area contributed by atoms with E-state index in [1.54, 1.807) is 0 Å². The van der Waals surface area contributed by atoms with Crippen molar-refractivity contribution in [2.24, 2.45) is 0 Å². The zero-order valence-electron chi connectivity index (χ0n) is 10.7. The molecule has 0 radical (unpaired) electrons. The molecule has 0 spiro atoms. The molecule has 2 bridgehead atoms. The summed E-state index contributed by atoms with van der Waals surface area (Å²) in [5.74, 6) is -3.94. The van der Waals surface area contributed by atoms with Crippen molar-refractivity contribution in [2.45, 2.75) is 49.6 Å². The van der Waals surface area contributed by atoms with Crippen molar-refractivity contribution in [1.29, 1.82) is 0 Å². The predicted octanol–water partition coefficient (Wildman–Crippen LogP) is -2.83. The van der Waals surface area contributed by atoms with Crippen LogP contribution in [-0.2, 0) is 19.1 Å². The summed E-state index contributed by atoms with van der Waals surface area (Å²) in [4.78, 5) is 22.4. The highest BCUT2D eigenvalue weighted by molar-refractivity contribution is 5.77. The summed E-state index contributed by atoms with van der Waals surface area (Å²) in [6, 6.07) is -0.923. The van der Waals surface area contributed by atoms with Crippen molar-refractivity contribution < 1.29 is 39.5 Å². The van der Waals surface area contributed by atoms with Gasteiger partial charge in [0.1, 0.15) is 18.3 Å². The van der Waals surface area contributed by atoms with Crippen molar-refractivity contribution in [3.05, 3.63) is 0 Å². The number of rotatable bonds is 4. The summed E-state index contributed by atoms with van der Waals surface area (Å²) in [6.45, 7) is 0.572. The molecule has 0 saturated carbocycles. The van der Waals surface area contributed by atoms with E-state index in [0.29, 0.717) is 0 Å². The molecule has 2 aliphatic rings. The molecule has 5 N–H and O–H groups in total. The number of nitrogens with one attached hydrogen (secondary N) is 1. The number of carboxylic acids is 1. The molecule has 20 heavy (non-hydrogen) atoms. The standard InChI is InChI=1S/C11H17NO8/c1-4(14)12-7-5(15)2-11(10(17)18)19-8(6(16)3-13)9(7)20-11/h5-9,13,15-16H,2-3H2,1H3,(H,12,14)(H,17,18)/t5?,6-,7-,8+,9?,11?/m1/s1. The Labute approximate surface area is 114 Å². The molecule has 2 rings (SSSR count). The quantitative estimate of drug-likeness (QED) is 0.373. The molecule has 0 aromatic rings. The fourth-order valence-corrected chi connectivity index (χ4v) is 2.60. The minimum absolute atomic E-state index is 0.390. The van der Waals surface area contributed by atoms with Crippen LogP contribution in [0.15, 0.2) is 0 Å². The van der Waals surface area contributed by atoms with Crippen LogP contribution in [0.2, 0.25) is 0 Å². The van der Waals surface area contributed by atoms with Crippen molar-refractivity contribution in [3.8, 4) is 0 Å². The van der Waals surface area contributed by atoms with Crippen LogP contribution in [0, 0.1) is 0 Å². The van der Waals surface area contributed by atoms with Crippen LogP contribution >= 0.6 is 0 Å². The van der Waals surface area contributed by atoms with Crippen LogP contribution in [0.25, 0.3) is 0 Å². The van der Waals surface area contributed by atoms with E-state index >= 15 is 0 Å². The summed E-state index contributed by atoms with van der Waals surface area (Å²) in [5.41, 5.74) is 0. The van der Waals surface area contributed by atoms with E-state index in [0.717, 1.165) is 0 Å². The minimum Gasteiger partial charge on any atom is -0.477 e. The van der Waals surface area contributed by atoms with Gasteiger partial charge in [-0.1, -0.05) is 0 Å². The summed E-state index contributed by atoms with van der Waals surface area (Å²) in [6.07, 6.45) is -5.21. The number of aliphatic carboxylic acids is 1. The summed E-state index contributed by atoms with van der Waals surface area (Å²) in [7, 11) is 0. The van der Waals surface area contributed by atoms with E-state index in [1.165, 1.54) is 6.92 Å². The van der Waals surface area contributed by atoms with Gasteiger partial charge in [0.15, 0.2) is 0 Å². The molecule has 9 nitrogen and oxygen atoms in total. The molecule has 6 atom stereocenters. The highest BCUT2D eigenvalue weighted by Gasteiger charge is 2.63.